The molecule has 0 aromatic heterocycles. The zero-order chi connectivity index (χ0) is 22.3. The van der Waals surface area contributed by atoms with Crippen LogP contribution in [0.25, 0.3) is 0 Å². The summed E-state index contributed by atoms with van der Waals surface area (Å²) < 4.78 is 6.85. The molecule has 30 heavy (non-hydrogen) atoms. The number of rotatable bonds is 11. The fraction of sp³-hybridized carbons (Fsp3) is 0.692. The SMILES string of the molecule is CC[C@H](O)[C@@H]1CC=C[C@H](CCO[Si](C(C)C)(C(C)C)C(C)C)N1Cc1ccccc1. The Kier molecular flexibility index (Phi) is 9.80. The molecule has 0 saturated carbocycles. The number of aliphatic hydroxyl groups excluding tert-OH is 1. The van der Waals surface area contributed by atoms with Gasteiger partial charge in [-0.1, -0.05) is 91.0 Å². The lowest BCUT2D eigenvalue weighted by molar-refractivity contribution is 0.0175. The minimum atomic E-state index is -1.85. The van der Waals surface area contributed by atoms with Crippen molar-refractivity contribution in [1.29, 1.82) is 0 Å². The summed E-state index contributed by atoms with van der Waals surface area (Å²) in [5.41, 5.74) is 3.13. The van der Waals surface area contributed by atoms with Crippen molar-refractivity contribution in [1.82, 2.24) is 4.90 Å². The summed E-state index contributed by atoms with van der Waals surface area (Å²) in [7, 11) is -1.85. The summed E-state index contributed by atoms with van der Waals surface area (Å²) in [6, 6.07) is 11.1. The molecule has 0 bridgehead atoms. The number of hydrogen-bond acceptors (Lipinski definition) is 3. The molecule has 4 heteroatoms. The van der Waals surface area contributed by atoms with Crippen LogP contribution in [0.5, 0.6) is 0 Å². The minimum absolute atomic E-state index is 0.174. The Morgan fingerprint density at radius 3 is 2.17 bits per heavy atom. The maximum absolute atomic E-state index is 10.7. The minimum Gasteiger partial charge on any atom is -0.416 e. The maximum atomic E-state index is 10.7. The van der Waals surface area contributed by atoms with Gasteiger partial charge in [0.2, 0.25) is 0 Å². The van der Waals surface area contributed by atoms with Gasteiger partial charge >= 0.3 is 0 Å². The van der Waals surface area contributed by atoms with E-state index in [2.05, 4.69) is 95.8 Å². The molecule has 0 aliphatic carbocycles. The van der Waals surface area contributed by atoms with Crippen LogP contribution in [0.1, 0.15) is 73.3 Å². The highest BCUT2D eigenvalue weighted by Gasteiger charge is 2.45. The van der Waals surface area contributed by atoms with E-state index in [1.54, 1.807) is 0 Å². The Morgan fingerprint density at radius 1 is 1.03 bits per heavy atom. The Balaban J connectivity index is 2.16. The summed E-state index contributed by atoms with van der Waals surface area (Å²) in [6.45, 7) is 17.9. The Morgan fingerprint density at radius 2 is 1.63 bits per heavy atom. The molecule has 1 aromatic rings. The van der Waals surface area contributed by atoms with E-state index in [1.165, 1.54) is 5.56 Å². The van der Waals surface area contributed by atoms with Crippen molar-refractivity contribution < 1.29 is 9.53 Å². The first-order valence-electron chi connectivity index (χ1n) is 12.0. The molecule has 3 nitrogen and oxygen atoms in total. The maximum Gasteiger partial charge on any atom is 0.200 e. The average Bonchev–Trinajstić information content (AvgIpc) is 2.71. The second-order valence-corrected chi connectivity index (χ2v) is 15.3. The van der Waals surface area contributed by atoms with E-state index in [0.29, 0.717) is 22.7 Å². The fourth-order valence-electron chi connectivity index (χ4n) is 5.66. The third kappa shape index (κ3) is 5.85. The van der Waals surface area contributed by atoms with Crippen molar-refractivity contribution in [2.75, 3.05) is 6.61 Å². The largest absolute Gasteiger partial charge is 0.416 e. The molecule has 0 amide bonds. The molecule has 0 saturated heterocycles. The highest BCUT2D eigenvalue weighted by molar-refractivity contribution is 6.77. The van der Waals surface area contributed by atoms with Gasteiger partial charge in [-0.2, -0.15) is 0 Å². The van der Waals surface area contributed by atoms with Gasteiger partial charge in [0.15, 0.2) is 8.32 Å². The lowest BCUT2D eigenvalue weighted by Gasteiger charge is -2.44. The summed E-state index contributed by atoms with van der Waals surface area (Å²) >= 11 is 0. The van der Waals surface area contributed by atoms with Crippen LogP contribution in [0.4, 0.5) is 0 Å². The Hall–Kier alpha value is -0.943. The lowest BCUT2D eigenvalue weighted by Crippen LogP contribution is -2.51. The molecule has 0 spiro atoms. The normalized spacial score (nSPS) is 21.7. The highest BCUT2D eigenvalue weighted by Crippen LogP contribution is 2.42. The molecular formula is C26H45NO2Si. The summed E-state index contributed by atoms with van der Waals surface area (Å²) in [4.78, 5) is 2.51. The van der Waals surface area contributed by atoms with Crippen molar-refractivity contribution >= 4 is 8.32 Å². The fourth-order valence-corrected chi connectivity index (χ4v) is 11.1. The standard InChI is InChI=1S/C26H45NO2Si/c1-8-26(28)25-16-12-15-24(27(25)19-23-13-10-9-11-14-23)17-18-29-30(20(2)3,21(4)5)22(6)7/h9-15,20-22,24-26,28H,8,16-19H2,1-7H3/t24-,25+,26+/m1/s1. The molecule has 0 radical (unpaired) electrons. The van der Waals surface area contributed by atoms with Gasteiger partial charge in [0, 0.05) is 25.2 Å². The van der Waals surface area contributed by atoms with Gasteiger partial charge in [-0.3, -0.25) is 4.90 Å². The zero-order valence-electron chi connectivity index (χ0n) is 20.3. The molecule has 1 heterocycles. The Labute approximate surface area is 186 Å². The highest BCUT2D eigenvalue weighted by atomic mass is 28.4. The molecule has 1 aliphatic rings. The van der Waals surface area contributed by atoms with E-state index in [0.717, 1.165) is 32.4 Å². The molecule has 3 atom stereocenters. The van der Waals surface area contributed by atoms with Crippen molar-refractivity contribution in [3.63, 3.8) is 0 Å². The van der Waals surface area contributed by atoms with E-state index in [-0.39, 0.29) is 12.1 Å². The lowest BCUT2D eigenvalue weighted by atomic mass is 9.94. The van der Waals surface area contributed by atoms with Gasteiger partial charge in [0.1, 0.15) is 0 Å². The first-order chi connectivity index (χ1) is 14.2. The Bertz CT molecular complexity index is 622. The molecule has 170 valence electrons. The summed E-state index contributed by atoms with van der Waals surface area (Å²) in [6.07, 6.45) is 7.01. The van der Waals surface area contributed by atoms with Crippen molar-refractivity contribution in [2.45, 2.75) is 109 Å². The van der Waals surface area contributed by atoms with E-state index >= 15 is 0 Å². The summed E-state index contributed by atoms with van der Waals surface area (Å²) in [5.74, 6) is 0. The first kappa shape index (κ1) is 25.3. The van der Waals surface area contributed by atoms with Crippen LogP contribution >= 0.6 is 0 Å². The molecule has 0 unspecified atom stereocenters. The average molecular weight is 432 g/mol. The van der Waals surface area contributed by atoms with E-state index in [9.17, 15) is 5.11 Å². The molecular weight excluding hydrogens is 386 g/mol. The molecule has 0 fully saturated rings. The van der Waals surface area contributed by atoms with Crippen LogP contribution in [-0.2, 0) is 11.0 Å². The zero-order valence-corrected chi connectivity index (χ0v) is 21.3. The third-order valence-electron chi connectivity index (χ3n) is 7.13. The van der Waals surface area contributed by atoms with Gasteiger partial charge in [-0.25, -0.2) is 0 Å². The van der Waals surface area contributed by atoms with Crippen molar-refractivity contribution in [3.05, 3.63) is 48.0 Å². The topological polar surface area (TPSA) is 32.7 Å². The van der Waals surface area contributed by atoms with Crippen LogP contribution in [0.3, 0.4) is 0 Å². The molecule has 2 rings (SSSR count). The van der Waals surface area contributed by atoms with Gasteiger partial charge in [-0.15, -0.1) is 0 Å². The number of nitrogens with zero attached hydrogens (tertiary/aromatic N) is 1. The van der Waals surface area contributed by atoms with Gasteiger partial charge < -0.3 is 9.53 Å². The van der Waals surface area contributed by atoms with E-state index in [4.69, 9.17) is 4.43 Å². The van der Waals surface area contributed by atoms with E-state index < -0.39 is 8.32 Å². The number of benzene rings is 1. The third-order valence-corrected chi connectivity index (χ3v) is 13.2. The second-order valence-electron chi connectivity index (χ2n) is 9.89. The van der Waals surface area contributed by atoms with Crippen LogP contribution < -0.4 is 0 Å². The smallest absolute Gasteiger partial charge is 0.200 e. The van der Waals surface area contributed by atoms with E-state index in [1.807, 2.05) is 0 Å². The molecule has 1 aromatic carbocycles. The van der Waals surface area contributed by atoms with Crippen LogP contribution in [0.2, 0.25) is 16.6 Å². The van der Waals surface area contributed by atoms with Crippen LogP contribution in [-0.4, -0.2) is 43.1 Å². The molecule has 1 aliphatic heterocycles. The quantitative estimate of drug-likeness (QED) is 0.319. The van der Waals surface area contributed by atoms with Crippen LogP contribution in [0, 0.1) is 0 Å². The molecule has 1 N–H and O–H groups in total. The van der Waals surface area contributed by atoms with Crippen LogP contribution in [0.15, 0.2) is 42.5 Å². The predicted molar refractivity (Wildman–Crippen MR) is 131 cm³/mol. The van der Waals surface area contributed by atoms with Gasteiger partial charge in [0.25, 0.3) is 0 Å². The number of hydrogen-bond donors (Lipinski definition) is 1. The second kappa shape index (κ2) is 11.6. The van der Waals surface area contributed by atoms with Gasteiger partial charge in [0.05, 0.1) is 6.10 Å². The van der Waals surface area contributed by atoms with Crippen molar-refractivity contribution in [3.8, 4) is 0 Å². The first-order valence-corrected chi connectivity index (χ1v) is 14.2. The monoisotopic (exact) mass is 431 g/mol. The number of aliphatic hydroxyl groups is 1. The van der Waals surface area contributed by atoms with Crippen molar-refractivity contribution in [2.24, 2.45) is 0 Å². The predicted octanol–water partition coefficient (Wildman–Crippen LogP) is 6.54. The summed E-state index contributed by atoms with van der Waals surface area (Å²) in [5, 5.41) is 10.7. The van der Waals surface area contributed by atoms with Gasteiger partial charge in [-0.05, 0) is 41.4 Å².